The number of nitrogens with zero attached hydrogens (tertiary/aromatic N) is 1. The maximum Gasteiger partial charge on any atom is 0.251 e. The number of benzene rings is 1. The third-order valence-electron chi connectivity index (χ3n) is 5.67. The Bertz CT molecular complexity index is 758. The predicted molar refractivity (Wildman–Crippen MR) is 114 cm³/mol. The Kier molecular flexibility index (Phi) is 7.34. The van der Waals surface area contributed by atoms with Crippen LogP contribution in [0.5, 0.6) is 5.75 Å². The minimum Gasteiger partial charge on any atom is -0.494 e. The lowest BCUT2D eigenvalue weighted by atomic mass is 9.94. The summed E-state index contributed by atoms with van der Waals surface area (Å²) in [5.74, 6) is 0.116. The number of carbonyl (C=O) groups excluding carboxylic acids is 3. The molecule has 2 unspecified atom stereocenters. The minimum absolute atomic E-state index is 0.0505. The minimum atomic E-state index is -0.630. The van der Waals surface area contributed by atoms with E-state index in [-0.39, 0.29) is 29.6 Å². The lowest BCUT2D eigenvalue weighted by molar-refractivity contribution is -0.138. The summed E-state index contributed by atoms with van der Waals surface area (Å²) in [6.45, 7) is 7.34. The summed E-state index contributed by atoms with van der Waals surface area (Å²) in [4.78, 5) is 40.1. The topological polar surface area (TPSA) is 87.7 Å². The van der Waals surface area contributed by atoms with Gasteiger partial charge in [0.2, 0.25) is 11.8 Å². The van der Waals surface area contributed by atoms with Gasteiger partial charge in [-0.1, -0.05) is 13.8 Å². The van der Waals surface area contributed by atoms with Crippen molar-refractivity contribution in [3.8, 4) is 5.75 Å². The molecule has 2 aliphatic rings. The second-order valence-electron chi connectivity index (χ2n) is 8.56. The Morgan fingerprint density at radius 3 is 2.43 bits per heavy atom. The van der Waals surface area contributed by atoms with Crippen LogP contribution in [0.2, 0.25) is 0 Å². The Balaban J connectivity index is 1.62. The van der Waals surface area contributed by atoms with Crippen molar-refractivity contribution in [2.75, 3.05) is 19.7 Å². The molecule has 1 aliphatic heterocycles. The van der Waals surface area contributed by atoms with Crippen LogP contribution in [0.4, 0.5) is 0 Å². The third kappa shape index (κ3) is 5.74. The molecule has 3 amide bonds. The highest BCUT2D eigenvalue weighted by molar-refractivity contribution is 5.97. The number of rotatable bonds is 8. The first-order valence-corrected chi connectivity index (χ1v) is 11.0. The normalized spacial score (nSPS) is 19.9. The number of hydrogen-bond donors (Lipinski definition) is 2. The molecule has 0 spiro atoms. The molecule has 1 aromatic rings. The molecular formula is C23H33N3O4. The second-order valence-corrected chi connectivity index (χ2v) is 8.56. The maximum absolute atomic E-state index is 13.2. The summed E-state index contributed by atoms with van der Waals surface area (Å²) in [7, 11) is 0. The third-order valence-corrected chi connectivity index (χ3v) is 5.67. The van der Waals surface area contributed by atoms with Crippen LogP contribution in [0.1, 0.15) is 56.8 Å². The first-order valence-electron chi connectivity index (χ1n) is 11.0. The van der Waals surface area contributed by atoms with E-state index in [4.69, 9.17) is 4.74 Å². The Labute approximate surface area is 178 Å². The molecule has 7 nitrogen and oxygen atoms in total. The van der Waals surface area contributed by atoms with Crippen molar-refractivity contribution in [2.24, 2.45) is 11.8 Å². The fraction of sp³-hybridized carbons (Fsp3) is 0.609. The van der Waals surface area contributed by atoms with E-state index in [1.807, 2.05) is 20.8 Å². The fourth-order valence-corrected chi connectivity index (χ4v) is 3.74. The van der Waals surface area contributed by atoms with Gasteiger partial charge in [-0.15, -0.1) is 0 Å². The van der Waals surface area contributed by atoms with Gasteiger partial charge < -0.3 is 20.3 Å². The summed E-state index contributed by atoms with van der Waals surface area (Å²) in [6, 6.07) is 6.58. The molecule has 3 rings (SSSR count). The maximum atomic E-state index is 13.2. The van der Waals surface area contributed by atoms with Crippen molar-refractivity contribution in [1.82, 2.24) is 15.5 Å². The van der Waals surface area contributed by atoms with E-state index in [2.05, 4.69) is 10.6 Å². The SMILES string of the molecule is CCOc1ccc(C(=O)NC(C(=O)N2CCCC(C(=O)NC3CC3)C2)C(C)C)cc1. The number of hydrogen-bond acceptors (Lipinski definition) is 4. The summed E-state index contributed by atoms with van der Waals surface area (Å²) in [5, 5.41) is 5.94. The van der Waals surface area contributed by atoms with Gasteiger partial charge >= 0.3 is 0 Å². The van der Waals surface area contributed by atoms with Crippen LogP contribution < -0.4 is 15.4 Å². The van der Waals surface area contributed by atoms with Crippen molar-refractivity contribution >= 4 is 17.7 Å². The largest absolute Gasteiger partial charge is 0.494 e. The average molecular weight is 416 g/mol. The number of amides is 3. The van der Waals surface area contributed by atoms with E-state index in [0.29, 0.717) is 37.1 Å². The van der Waals surface area contributed by atoms with E-state index in [1.54, 1.807) is 29.2 Å². The van der Waals surface area contributed by atoms with Crippen LogP contribution in [0.15, 0.2) is 24.3 Å². The second kappa shape index (κ2) is 9.96. The average Bonchev–Trinajstić information content (AvgIpc) is 3.56. The van der Waals surface area contributed by atoms with E-state index >= 15 is 0 Å². The van der Waals surface area contributed by atoms with Crippen molar-refractivity contribution in [3.63, 3.8) is 0 Å². The lowest BCUT2D eigenvalue weighted by Gasteiger charge is -2.35. The van der Waals surface area contributed by atoms with Crippen molar-refractivity contribution in [2.45, 2.75) is 58.5 Å². The quantitative estimate of drug-likeness (QED) is 0.682. The highest BCUT2D eigenvalue weighted by Crippen LogP contribution is 2.23. The first kappa shape index (κ1) is 22.1. The molecule has 0 radical (unpaired) electrons. The summed E-state index contributed by atoms with van der Waals surface area (Å²) in [5.41, 5.74) is 0.484. The molecule has 2 atom stereocenters. The molecule has 1 saturated heterocycles. The van der Waals surface area contributed by atoms with Crippen LogP contribution in [0, 0.1) is 11.8 Å². The number of piperidine rings is 1. The molecule has 1 saturated carbocycles. The summed E-state index contributed by atoms with van der Waals surface area (Å²) >= 11 is 0. The van der Waals surface area contributed by atoms with Crippen LogP contribution in [-0.4, -0.2) is 54.4 Å². The Morgan fingerprint density at radius 2 is 1.83 bits per heavy atom. The molecule has 7 heteroatoms. The van der Waals surface area contributed by atoms with Gasteiger partial charge in [-0.2, -0.15) is 0 Å². The van der Waals surface area contributed by atoms with E-state index in [9.17, 15) is 14.4 Å². The van der Waals surface area contributed by atoms with Gasteiger partial charge in [0.25, 0.3) is 5.91 Å². The molecule has 0 bridgehead atoms. The molecule has 2 N–H and O–H groups in total. The number of nitrogens with one attached hydrogen (secondary N) is 2. The van der Waals surface area contributed by atoms with Crippen LogP contribution >= 0.6 is 0 Å². The van der Waals surface area contributed by atoms with Gasteiger partial charge in [-0.05, 0) is 62.8 Å². The lowest BCUT2D eigenvalue weighted by Crippen LogP contribution is -2.54. The van der Waals surface area contributed by atoms with Gasteiger partial charge in [-0.25, -0.2) is 0 Å². The Hall–Kier alpha value is -2.57. The zero-order chi connectivity index (χ0) is 21.7. The monoisotopic (exact) mass is 415 g/mol. The molecule has 1 heterocycles. The van der Waals surface area contributed by atoms with Crippen molar-refractivity contribution in [3.05, 3.63) is 29.8 Å². The fourth-order valence-electron chi connectivity index (χ4n) is 3.74. The van der Waals surface area contributed by atoms with Crippen LogP contribution in [0.25, 0.3) is 0 Å². The van der Waals surface area contributed by atoms with E-state index in [0.717, 1.165) is 25.7 Å². The van der Waals surface area contributed by atoms with Gasteiger partial charge in [0.05, 0.1) is 12.5 Å². The molecule has 164 valence electrons. The van der Waals surface area contributed by atoms with Gasteiger partial charge in [0.15, 0.2) is 0 Å². The van der Waals surface area contributed by atoms with Crippen molar-refractivity contribution in [1.29, 1.82) is 0 Å². The van der Waals surface area contributed by atoms with E-state index in [1.165, 1.54) is 0 Å². The molecule has 1 aromatic carbocycles. The summed E-state index contributed by atoms with van der Waals surface area (Å²) < 4.78 is 5.41. The van der Waals surface area contributed by atoms with E-state index < -0.39 is 6.04 Å². The molecule has 2 fully saturated rings. The number of ether oxygens (including phenoxy) is 1. The van der Waals surface area contributed by atoms with Gasteiger partial charge in [0.1, 0.15) is 11.8 Å². The smallest absolute Gasteiger partial charge is 0.251 e. The zero-order valence-electron chi connectivity index (χ0n) is 18.1. The molecular weight excluding hydrogens is 382 g/mol. The highest BCUT2D eigenvalue weighted by atomic mass is 16.5. The molecule has 0 aromatic heterocycles. The number of carbonyl (C=O) groups is 3. The first-order chi connectivity index (χ1) is 14.4. The summed E-state index contributed by atoms with van der Waals surface area (Å²) in [6.07, 6.45) is 3.70. The Morgan fingerprint density at radius 1 is 1.13 bits per heavy atom. The highest BCUT2D eigenvalue weighted by Gasteiger charge is 2.35. The zero-order valence-corrected chi connectivity index (χ0v) is 18.1. The molecule has 30 heavy (non-hydrogen) atoms. The number of likely N-dealkylation sites (tertiary alicyclic amines) is 1. The van der Waals surface area contributed by atoms with Gasteiger partial charge in [-0.3, -0.25) is 14.4 Å². The van der Waals surface area contributed by atoms with Crippen LogP contribution in [-0.2, 0) is 9.59 Å². The van der Waals surface area contributed by atoms with Crippen LogP contribution in [0.3, 0.4) is 0 Å². The standard InChI is InChI=1S/C23H33N3O4/c1-4-30-19-11-7-16(8-12-19)21(27)25-20(15(2)3)23(29)26-13-5-6-17(14-26)22(28)24-18-9-10-18/h7-8,11-12,15,17-18,20H,4-6,9-10,13-14H2,1-3H3,(H,24,28)(H,25,27). The molecule has 1 aliphatic carbocycles. The van der Waals surface area contributed by atoms with Crippen molar-refractivity contribution < 1.29 is 19.1 Å². The predicted octanol–water partition coefficient (Wildman–Crippen LogP) is 2.36. The van der Waals surface area contributed by atoms with Gasteiger partial charge in [0, 0.05) is 24.7 Å².